The summed E-state index contributed by atoms with van der Waals surface area (Å²) in [7, 11) is 0. The van der Waals surface area contributed by atoms with Gasteiger partial charge in [0.05, 0.1) is 10.2 Å². The smallest absolute Gasteiger partial charge is 0.266 e. The molecule has 0 aromatic carbocycles. The average molecular weight is 367 g/mol. The van der Waals surface area contributed by atoms with Gasteiger partial charge in [-0.25, -0.2) is 9.39 Å². The van der Waals surface area contributed by atoms with Gasteiger partial charge in [-0.05, 0) is 28.9 Å². The normalized spacial score (nSPS) is 13.7. The first-order chi connectivity index (χ1) is 10.7. The van der Waals surface area contributed by atoms with Crippen LogP contribution in [0.3, 0.4) is 0 Å². The summed E-state index contributed by atoms with van der Waals surface area (Å²) in [5.74, 6) is 1.90. The highest BCUT2D eigenvalue weighted by Gasteiger charge is 2.25. The number of fused-ring (bicyclic) bond motifs is 2. The van der Waals surface area contributed by atoms with Gasteiger partial charge in [-0.1, -0.05) is 19.8 Å². The van der Waals surface area contributed by atoms with E-state index < -0.39 is 0 Å². The van der Waals surface area contributed by atoms with E-state index in [2.05, 4.69) is 38.0 Å². The monoisotopic (exact) mass is 366 g/mol. The number of hydrogen-bond donors (Lipinski definition) is 1. The number of aryl methyl sites for hydroxylation is 1. The fourth-order valence-electron chi connectivity index (χ4n) is 2.78. The SMILES string of the molecule is CCCCCn1c2c(c(=O)n3c(CCN)nnc13)CC(Br)=N2. The number of nitrogens with zero attached hydrogens (tertiary/aromatic N) is 5. The first-order valence-corrected chi connectivity index (χ1v) is 8.39. The quantitative estimate of drug-likeness (QED) is 0.785. The van der Waals surface area contributed by atoms with Gasteiger partial charge in [-0.3, -0.25) is 9.36 Å². The van der Waals surface area contributed by atoms with Crippen molar-refractivity contribution in [2.45, 2.75) is 45.6 Å². The number of halogens is 1. The molecule has 3 rings (SSSR count). The van der Waals surface area contributed by atoms with E-state index in [1.807, 2.05) is 4.57 Å². The highest BCUT2D eigenvalue weighted by Crippen LogP contribution is 2.28. The third-order valence-electron chi connectivity index (χ3n) is 3.84. The van der Waals surface area contributed by atoms with Crippen molar-refractivity contribution in [3.63, 3.8) is 0 Å². The first kappa shape index (κ1) is 15.4. The van der Waals surface area contributed by atoms with Gasteiger partial charge in [0.2, 0.25) is 5.78 Å². The number of hydrogen-bond acceptors (Lipinski definition) is 5. The number of aliphatic imine (C=N–C) groups is 1. The Labute approximate surface area is 136 Å². The van der Waals surface area contributed by atoms with Gasteiger partial charge in [-0.15, -0.1) is 10.2 Å². The molecule has 0 fully saturated rings. The predicted octanol–water partition coefficient (Wildman–Crippen LogP) is 1.56. The van der Waals surface area contributed by atoms with E-state index in [4.69, 9.17) is 5.73 Å². The second kappa shape index (κ2) is 6.29. The standard InChI is InChI=1S/C14H19BrN6O/c1-2-3-4-7-20-12-9(8-10(15)17-12)13(22)21-11(5-6-16)18-19-14(20)21/h2-8,16H2,1H3. The maximum Gasteiger partial charge on any atom is 0.266 e. The molecule has 0 saturated carbocycles. The molecule has 0 unspecified atom stereocenters. The Kier molecular flexibility index (Phi) is 4.39. The minimum atomic E-state index is -0.0802. The fraction of sp³-hybridized carbons (Fsp3) is 0.571. The fourth-order valence-corrected chi connectivity index (χ4v) is 3.23. The molecule has 7 nitrogen and oxygen atoms in total. The summed E-state index contributed by atoms with van der Waals surface area (Å²) < 4.78 is 4.39. The summed E-state index contributed by atoms with van der Waals surface area (Å²) in [6.07, 6.45) is 4.34. The summed E-state index contributed by atoms with van der Waals surface area (Å²) in [4.78, 5) is 17.2. The highest BCUT2D eigenvalue weighted by atomic mass is 79.9. The summed E-state index contributed by atoms with van der Waals surface area (Å²) in [5.41, 5.74) is 6.23. The summed E-state index contributed by atoms with van der Waals surface area (Å²) in [5, 5.41) is 8.36. The van der Waals surface area contributed by atoms with Crippen molar-refractivity contribution in [1.29, 1.82) is 0 Å². The van der Waals surface area contributed by atoms with Crippen LogP contribution in [0.25, 0.3) is 5.78 Å². The topological polar surface area (TPSA) is 90.6 Å². The Hall–Kier alpha value is -1.54. The molecule has 22 heavy (non-hydrogen) atoms. The van der Waals surface area contributed by atoms with Crippen LogP contribution in [-0.4, -0.2) is 30.3 Å². The van der Waals surface area contributed by atoms with Crippen molar-refractivity contribution in [1.82, 2.24) is 19.2 Å². The molecule has 8 heteroatoms. The van der Waals surface area contributed by atoms with Crippen LogP contribution in [0, 0.1) is 0 Å². The second-order valence-corrected chi connectivity index (χ2v) is 6.34. The predicted molar refractivity (Wildman–Crippen MR) is 89.3 cm³/mol. The molecule has 1 aliphatic rings. The van der Waals surface area contributed by atoms with E-state index in [9.17, 15) is 4.79 Å². The van der Waals surface area contributed by atoms with Gasteiger partial charge in [0.25, 0.3) is 5.56 Å². The number of aromatic nitrogens is 4. The average Bonchev–Trinajstić information content (AvgIpc) is 3.07. The molecule has 3 heterocycles. The van der Waals surface area contributed by atoms with Crippen molar-refractivity contribution in [3.05, 3.63) is 21.7 Å². The molecule has 0 radical (unpaired) electrons. The first-order valence-electron chi connectivity index (χ1n) is 7.60. The Bertz CT molecular complexity index is 791. The molecule has 2 aromatic heterocycles. The lowest BCUT2D eigenvalue weighted by molar-refractivity contribution is 0.602. The van der Waals surface area contributed by atoms with Gasteiger partial charge in [-0.2, -0.15) is 0 Å². The molecular formula is C14H19BrN6O. The molecule has 2 N–H and O–H groups in total. The number of rotatable bonds is 6. The van der Waals surface area contributed by atoms with Crippen LogP contribution in [0.4, 0.5) is 5.82 Å². The van der Waals surface area contributed by atoms with Crippen LogP contribution in [0.5, 0.6) is 0 Å². The Morgan fingerprint density at radius 2 is 2.14 bits per heavy atom. The van der Waals surface area contributed by atoms with E-state index >= 15 is 0 Å². The minimum absolute atomic E-state index is 0.0802. The largest absolute Gasteiger partial charge is 0.330 e. The Morgan fingerprint density at radius 3 is 2.86 bits per heavy atom. The third kappa shape index (κ3) is 2.50. The Morgan fingerprint density at radius 1 is 1.32 bits per heavy atom. The lowest BCUT2D eigenvalue weighted by Gasteiger charge is -2.12. The van der Waals surface area contributed by atoms with Crippen molar-refractivity contribution in [2.24, 2.45) is 10.7 Å². The van der Waals surface area contributed by atoms with Gasteiger partial charge in [0.1, 0.15) is 11.6 Å². The second-order valence-electron chi connectivity index (χ2n) is 5.42. The summed E-state index contributed by atoms with van der Waals surface area (Å²) >= 11 is 3.41. The summed E-state index contributed by atoms with van der Waals surface area (Å²) in [6, 6.07) is 0. The molecular weight excluding hydrogens is 348 g/mol. The van der Waals surface area contributed by atoms with E-state index in [0.717, 1.165) is 30.4 Å². The van der Waals surface area contributed by atoms with Crippen molar-refractivity contribution in [2.75, 3.05) is 6.54 Å². The maximum absolute atomic E-state index is 12.7. The molecule has 0 spiro atoms. The lowest BCUT2D eigenvalue weighted by Crippen LogP contribution is -2.24. The van der Waals surface area contributed by atoms with E-state index in [1.165, 1.54) is 0 Å². The van der Waals surface area contributed by atoms with Crippen LogP contribution >= 0.6 is 15.9 Å². The van der Waals surface area contributed by atoms with Gasteiger partial charge in [0, 0.05) is 19.4 Å². The zero-order valence-electron chi connectivity index (χ0n) is 12.5. The summed E-state index contributed by atoms with van der Waals surface area (Å²) in [6.45, 7) is 3.38. The van der Waals surface area contributed by atoms with Crippen LogP contribution in [-0.2, 0) is 19.4 Å². The van der Waals surface area contributed by atoms with E-state index in [-0.39, 0.29) is 5.56 Å². The van der Waals surface area contributed by atoms with Crippen LogP contribution in [0.2, 0.25) is 0 Å². The minimum Gasteiger partial charge on any atom is -0.330 e. The molecule has 0 aliphatic carbocycles. The van der Waals surface area contributed by atoms with Gasteiger partial charge >= 0.3 is 0 Å². The molecule has 2 aromatic rings. The third-order valence-corrected chi connectivity index (χ3v) is 4.30. The number of unbranched alkanes of at least 4 members (excludes halogenated alkanes) is 2. The molecule has 118 valence electrons. The molecule has 1 aliphatic heterocycles. The van der Waals surface area contributed by atoms with Crippen LogP contribution < -0.4 is 11.3 Å². The lowest BCUT2D eigenvalue weighted by atomic mass is 10.2. The zero-order chi connectivity index (χ0) is 15.7. The molecule has 0 amide bonds. The molecule has 0 atom stereocenters. The van der Waals surface area contributed by atoms with Crippen molar-refractivity contribution < 1.29 is 0 Å². The molecule has 0 bridgehead atoms. The van der Waals surface area contributed by atoms with E-state index in [1.54, 1.807) is 4.40 Å². The number of nitrogens with two attached hydrogens (primary N) is 1. The van der Waals surface area contributed by atoms with Crippen LogP contribution in [0.1, 0.15) is 37.6 Å². The zero-order valence-corrected chi connectivity index (χ0v) is 14.1. The van der Waals surface area contributed by atoms with Crippen molar-refractivity contribution >= 4 is 32.1 Å². The van der Waals surface area contributed by atoms with Gasteiger partial charge in [0.15, 0.2) is 0 Å². The van der Waals surface area contributed by atoms with Gasteiger partial charge < -0.3 is 5.73 Å². The van der Waals surface area contributed by atoms with Crippen LogP contribution in [0.15, 0.2) is 9.79 Å². The van der Waals surface area contributed by atoms with E-state index in [0.29, 0.717) is 42.4 Å². The Balaban J connectivity index is 2.19. The molecule has 0 saturated heterocycles. The maximum atomic E-state index is 12.7. The van der Waals surface area contributed by atoms with Crippen molar-refractivity contribution in [3.8, 4) is 0 Å². The highest BCUT2D eigenvalue weighted by molar-refractivity contribution is 9.18.